The highest BCUT2D eigenvalue weighted by molar-refractivity contribution is 6.30. The van der Waals surface area contributed by atoms with Crippen molar-refractivity contribution < 1.29 is 14.4 Å². The molecule has 9 heteroatoms. The molecule has 0 amide bonds. The van der Waals surface area contributed by atoms with Gasteiger partial charge in [0.15, 0.2) is 5.69 Å². The highest BCUT2D eigenvalue weighted by Gasteiger charge is 2.29. The fourth-order valence-electron chi connectivity index (χ4n) is 2.21. The first kappa shape index (κ1) is 15.9. The predicted octanol–water partition coefficient (Wildman–Crippen LogP) is 3.15. The number of aryl methyl sites for hydroxylation is 1. The molecule has 1 heterocycles. The van der Waals surface area contributed by atoms with Crippen molar-refractivity contribution in [2.75, 3.05) is 6.54 Å². The van der Waals surface area contributed by atoms with Crippen molar-refractivity contribution in [2.45, 2.75) is 19.3 Å². The first-order chi connectivity index (χ1) is 10.4. The van der Waals surface area contributed by atoms with Gasteiger partial charge in [0.05, 0.1) is 10.8 Å². The van der Waals surface area contributed by atoms with E-state index in [-0.39, 0.29) is 30.1 Å². The Morgan fingerprint density at radius 3 is 2.45 bits per heavy atom. The molecule has 2 rings (SSSR count). The van der Waals surface area contributed by atoms with E-state index in [9.17, 15) is 20.2 Å². The van der Waals surface area contributed by atoms with Crippen LogP contribution in [0.25, 0.3) is 0 Å². The summed E-state index contributed by atoms with van der Waals surface area (Å²) in [7, 11) is 0. The summed E-state index contributed by atoms with van der Waals surface area (Å²) in [6.45, 7) is 1.08. The molecule has 1 atom stereocenters. The monoisotopic (exact) mass is 325 g/mol. The van der Waals surface area contributed by atoms with Gasteiger partial charge in [-0.2, -0.15) is 0 Å². The second-order valence-electron chi connectivity index (χ2n) is 4.76. The zero-order chi connectivity index (χ0) is 16.3. The van der Waals surface area contributed by atoms with E-state index in [0.717, 1.165) is 0 Å². The van der Waals surface area contributed by atoms with Gasteiger partial charge < -0.3 is 4.52 Å². The van der Waals surface area contributed by atoms with Crippen LogP contribution in [0.3, 0.4) is 0 Å². The average Bonchev–Trinajstić information content (AvgIpc) is 2.79. The van der Waals surface area contributed by atoms with Crippen LogP contribution in [-0.2, 0) is 6.42 Å². The number of aromatic nitrogens is 1. The van der Waals surface area contributed by atoms with Gasteiger partial charge in [0.25, 0.3) is 0 Å². The van der Waals surface area contributed by atoms with Crippen molar-refractivity contribution in [1.29, 1.82) is 0 Å². The third-order valence-electron chi connectivity index (χ3n) is 3.22. The Balaban J connectivity index is 2.33. The quantitative estimate of drug-likeness (QED) is 0.595. The molecular formula is C13H12ClN3O5. The van der Waals surface area contributed by atoms with Crippen LogP contribution in [0.1, 0.15) is 22.9 Å². The molecule has 0 bridgehead atoms. The summed E-state index contributed by atoms with van der Waals surface area (Å²) in [6.07, 6.45) is 0.0137. The molecule has 1 unspecified atom stereocenters. The minimum atomic E-state index is -0.591. The van der Waals surface area contributed by atoms with Crippen LogP contribution in [-0.4, -0.2) is 21.5 Å². The molecule has 0 radical (unpaired) electrons. The van der Waals surface area contributed by atoms with Gasteiger partial charge >= 0.3 is 5.69 Å². The van der Waals surface area contributed by atoms with Gasteiger partial charge in [-0.05, 0) is 24.6 Å². The maximum atomic E-state index is 11.0. The minimum absolute atomic E-state index is 0.0137. The number of rotatable bonds is 6. The van der Waals surface area contributed by atoms with Crippen molar-refractivity contribution in [2.24, 2.45) is 0 Å². The van der Waals surface area contributed by atoms with Crippen LogP contribution in [0.15, 0.2) is 28.8 Å². The maximum absolute atomic E-state index is 11.0. The van der Waals surface area contributed by atoms with E-state index in [2.05, 4.69) is 5.16 Å². The summed E-state index contributed by atoms with van der Waals surface area (Å²) < 4.78 is 4.97. The second-order valence-corrected chi connectivity index (χ2v) is 5.20. The lowest BCUT2D eigenvalue weighted by Gasteiger charge is -2.11. The smallest absolute Gasteiger partial charge is 0.334 e. The van der Waals surface area contributed by atoms with E-state index >= 15 is 0 Å². The molecule has 8 nitrogen and oxygen atoms in total. The average molecular weight is 326 g/mol. The summed E-state index contributed by atoms with van der Waals surface area (Å²) in [6, 6.07) is 6.55. The van der Waals surface area contributed by atoms with Crippen LogP contribution in [0, 0.1) is 27.2 Å². The first-order valence-electron chi connectivity index (χ1n) is 6.35. The second kappa shape index (κ2) is 6.52. The molecule has 116 valence electrons. The molecule has 1 aromatic heterocycles. The van der Waals surface area contributed by atoms with Gasteiger partial charge in [0.1, 0.15) is 0 Å². The zero-order valence-corrected chi connectivity index (χ0v) is 12.3. The lowest BCUT2D eigenvalue weighted by molar-refractivity contribution is -0.483. The molecule has 0 saturated carbocycles. The van der Waals surface area contributed by atoms with E-state index in [0.29, 0.717) is 10.6 Å². The van der Waals surface area contributed by atoms with Crippen molar-refractivity contribution in [3.05, 3.63) is 66.5 Å². The van der Waals surface area contributed by atoms with Crippen LogP contribution in [0.2, 0.25) is 5.02 Å². The van der Waals surface area contributed by atoms with E-state index in [4.69, 9.17) is 16.1 Å². The summed E-state index contributed by atoms with van der Waals surface area (Å²) in [4.78, 5) is 20.9. The van der Waals surface area contributed by atoms with Crippen molar-refractivity contribution >= 4 is 17.3 Å². The van der Waals surface area contributed by atoms with Gasteiger partial charge in [-0.1, -0.05) is 28.9 Å². The Bertz CT molecular complexity index is 698. The van der Waals surface area contributed by atoms with E-state index in [1.807, 2.05) is 0 Å². The standard InChI is InChI=1S/C13H12ClN3O5/c1-8-13(17(20)21)12(22-15-8)6-10(7-16(18)19)9-2-4-11(14)5-3-9/h2-5,10H,6-7H2,1H3. The summed E-state index contributed by atoms with van der Waals surface area (Å²) in [5.41, 5.74) is 0.572. The molecule has 0 fully saturated rings. The van der Waals surface area contributed by atoms with Gasteiger partial charge in [0.2, 0.25) is 12.3 Å². The van der Waals surface area contributed by atoms with Crippen LogP contribution < -0.4 is 0 Å². The van der Waals surface area contributed by atoms with Crippen LogP contribution >= 0.6 is 11.6 Å². The number of benzene rings is 1. The Labute approximate surface area is 130 Å². The number of hydrogen-bond donors (Lipinski definition) is 0. The van der Waals surface area contributed by atoms with E-state index in [1.165, 1.54) is 6.92 Å². The lowest BCUT2D eigenvalue weighted by atomic mass is 9.94. The van der Waals surface area contributed by atoms with Crippen molar-refractivity contribution in [3.8, 4) is 0 Å². The van der Waals surface area contributed by atoms with E-state index in [1.54, 1.807) is 24.3 Å². The molecule has 0 aliphatic heterocycles. The van der Waals surface area contributed by atoms with E-state index < -0.39 is 15.8 Å². The Kier molecular flexibility index (Phi) is 4.71. The number of nitro groups is 2. The third kappa shape index (κ3) is 3.59. The summed E-state index contributed by atoms with van der Waals surface area (Å²) >= 11 is 5.80. The molecular weight excluding hydrogens is 314 g/mol. The van der Waals surface area contributed by atoms with Gasteiger partial charge in [-0.3, -0.25) is 20.2 Å². The Hall–Kier alpha value is -2.48. The van der Waals surface area contributed by atoms with Gasteiger partial charge in [0, 0.05) is 16.4 Å². The molecule has 1 aromatic carbocycles. The number of hydrogen-bond acceptors (Lipinski definition) is 6. The van der Waals surface area contributed by atoms with Crippen LogP contribution in [0.5, 0.6) is 0 Å². The highest BCUT2D eigenvalue weighted by atomic mass is 35.5. The van der Waals surface area contributed by atoms with Gasteiger partial charge in [-0.15, -0.1) is 0 Å². The molecule has 0 spiro atoms. The first-order valence-corrected chi connectivity index (χ1v) is 6.73. The van der Waals surface area contributed by atoms with Gasteiger partial charge in [-0.25, -0.2) is 0 Å². The topological polar surface area (TPSA) is 112 Å². The highest BCUT2D eigenvalue weighted by Crippen LogP contribution is 2.29. The molecule has 22 heavy (non-hydrogen) atoms. The molecule has 0 aliphatic carbocycles. The molecule has 0 N–H and O–H groups in total. The summed E-state index contributed by atoms with van der Waals surface area (Å²) in [5.74, 6) is -0.539. The normalized spacial score (nSPS) is 12.1. The Morgan fingerprint density at radius 1 is 1.27 bits per heavy atom. The zero-order valence-electron chi connectivity index (χ0n) is 11.6. The molecule has 0 saturated heterocycles. The molecule has 0 aliphatic rings. The minimum Gasteiger partial charge on any atom is -0.354 e. The lowest BCUT2D eigenvalue weighted by Crippen LogP contribution is -2.15. The third-order valence-corrected chi connectivity index (χ3v) is 3.48. The number of nitrogens with zero attached hydrogens (tertiary/aromatic N) is 3. The SMILES string of the molecule is Cc1noc(CC(C[N+](=O)[O-])c2ccc(Cl)cc2)c1[N+](=O)[O-]. The molecule has 2 aromatic rings. The number of halogens is 1. The fourth-order valence-corrected chi connectivity index (χ4v) is 2.33. The largest absolute Gasteiger partial charge is 0.354 e. The predicted molar refractivity (Wildman–Crippen MR) is 77.7 cm³/mol. The maximum Gasteiger partial charge on any atom is 0.334 e. The van der Waals surface area contributed by atoms with Crippen molar-refractivity contribution in [1.82, 2.24) is 5.16 Å². The van der Waals surface area contributed by atoms with Crippen molar-refractivity contribution in [3.63, 3.8) is 0 Å². The fraction of sp³-hybridized carbons (Fsp3) is 0.308. The Morgan fingerprint density at radius 2 is 1.91 bits per heavy atom. The summed E-state index contributed by atoms with van der Waals surface area (Å²) in [5, 5.41) is 26.0. The van der Waals surface area contributed by atoms with Crippen LogP contribution in [0.4, 0.5) is 5.69 Å².